The van der Waals surface area contributed by atoms with Crippen molar-refractivity contribution in [2.75, 3.05) is 45.8 Å². The Labute approximate surface area is 131 Å². The van der Waals surface area contributed by atoms with E-state index in [1.165, 1.54) is 84.3 Å². The number of likely N-dealkylation sites (N-methyl/N-ethyl adjacent to an activating group) is 1. The van der Waals surface area contributed by atoms with Crippen LogP contribution >= 0.6 is 0 Å². The number of piperazine rings is 1. The normalized spacial score (nSPS) is 35.1. The maximum atomic E-state index is 2.83. The quantitative estimate of drug-likeness (QED) is 0.792. The van der Waals surface area contributed by atoms with Gasteiger partial charge in [-0.2, -0.15) is 0 Å². The molecule has 0 spiro atoms. The smallest absolute Gasteiger partial charge is 0.0121 e. The molecular formula is C18H35N3. The molecule has 122 valence electrons. The second kappa shape index (κ2) is 7.43. The highest BCUT2D eigenvalue weighted by Crippen LogP contribution is 2.30. The maximum Gasteiger partial charge on any atom is 0.0121 e. The molecule has 3 rings (SSSR count). The number of likely N-dealkylation sites (tertiary alicyclic amines) is 1. The highest BCUT2D eigenvalue weighted by atomic mass is 15.3. The Morgan fingerprint density at radius 1 is 0.762 bits per heavy atom. The van der Waals surface area contributed by atoms with Gasteiger partial charge >= 0.3 is 0 Å². The number of nitrogens with zero attached hydrogens (tertiary/aromatic N) is 3. The van der Waals surface area contributed by atoms with Gasteiger partial charge in [0.1, 0.15) is 0 Å². The van der Waals surface area contributed by atoms with Gasteiger partial charge in [0.05, 0.1) is 0 Å². The molecule has 2 atom stereocenters. The van der Waals surface area contributed by atoms with Gasteiger partial charge in [-0.25, -0.2) is 0 Å². The maximum absolute atomic E-state index is 2.83. The van der Waals surface area contributed by atoms with Crippen LogP contribution in [0.5, 0.6) is 0 Å². The van der Waals surface area contributed by atoms with Crippen molar-refractivity contribution in [2.45, 2.75) is 64.5 Å². The summed E-state index contributed by atoms with van der Waals surface area (Å²) in [7, 11) is 0. The second-order valence-electron chi connectivity index (χ2n) is 7.66. The fourth-order valence-corrected chi connectivity index (χ4v) is 4.79. The van der Waals surface area contributed by atoms with E-state index in [-0.39, 0.29) is 0 Å². The van der Waals surface area contributed by atoms with Crippen LogP contribution in [0, 0.1) is 5.92 Å². The number of hydrogen-bond acceptors (Lipinski definition) is 3. The topological polar surface area (TPSA) is 9.72 Å². The molecule has 0 bridgehead atoms. The molecule has 1 saturated carbocycles. The first-order valence-corrected chi connectivity index (χ1v) is 9.46. The van der Waals surface area contributed by atoms with E-state index in [0.29, 0.717) is 0 Å². The first kappa shape index (κ1) is 15.8. The summed E-state index contributed by atoms with van der Waals surface area (Å²) < 4.78 is 0. The van der Waals surface area contributed by atoms with Crippen LogP contribution in [-0.4, -0.2) is 72.6 Å². The number of hydrogen-bond donors (Lipinski definition) is 0. The third kappa shape index (κ3) is 4.00. The molecule has 3 aliphatic rings. The molecule has 0 unspecified atom stereocenters. The highest BCUT2D eigenvalue weighted by Gasteiger charge is 2.31. The molecule has 1 aliphatic carbocycles. The van der Waals surface area contributed by atoms with E-state index in [2.05, 4.69) is 28.5 Å². The predicted molar refractivity (Wildman–Crippen MR) is 89.7 cm³/mol. The molecule has 2 heterocycles. The van der Waals surface area contributed by atoms with Gasteiger partial charge in [0, 0.05) is 38.3 Å². The van der Waals surface area contributed by atoms with Gasteiger partial charge in [0.2, 0.25) is 0 Å². The molecule has 0 amide bonds. The number of piperidine rings is 1. The summed E-state index contributed by atoms with van der Waals surface area (Å²) in [5.41, 5.74) is 0. The predicted octanol–water partition coefficient (Wildman–Crippen LogP) is 2.67. The third-order valence-electron chi connectivity index (χ3n) is 6.29. The monoisotopic (exact) mass is 293 g/mol. The van der Waals surface area contributed by atoms with E-state index < -0.39 is 0 Å². The summed E-state index contributed by atoms with van der Waals surface area (Å²) in [6, 6.07) is 1.79. The Kier molecular flexibility index (Phi) is 5.58. The van der Waals surface area contributed by atoms with Crippen molar-refractivity contribution in [1.29, 1.82) is 0 Å². The van der Waals surface area contributed by atoms with Gasteiger partial charge in [0.25, 0.3) is 0 Å². The van der Waals surface area contributed by atoms with Gasteiger partial charge in [-0.3, -0.25) is 4.90 Å². The lowest BCUT2D eigenvalue weighted by molar-refractivity contribution is 0.0384. The molecule has 0 aromatic rings. The summed E-state index contributed by atoms with van der Waals surface area (Å²) in [6.45, 7) is 13.9. The molecule has 2 aliphatic heterocycles. The van der Waals surface area contributed by atoms with Crippen LogP contribution in [0.25, 0.3) is 0 Å². The minimum atomic E-state index is 0.876. The minimum Gasteiger partial charge on any atom is -0.301 e. The molecule has 2 saturated heterocycles. The van der Waals surface area contributed by atoms with Crippen molar-refractivity contribution in [2.24, 2.45) is 5.92 Å². The van der Waals surface area contributed by atoms with E-state index in [1.54, 1.807) is 0 Å². The molecule has 0 N–H and O–H groups in total. The Morgan fingerprint density at radius 2 is 1.43 bits per heavy atom. The standard InChI is InChI=1S/C18H35N3/c1-3-19-11-13-21(14-12-19)17-7-9-20(10-8-17)18-6-4-5-16(2)15-18/h16-18H,3-15H2,1-2H3/t16-,18+/m0/s1. The van der Waals surface area contributed by atoms with E-state index in [0.717, 1.165) is 18.0 Å². The average molecular weight is 293 g/mol. The molecule has 0 radical (unpaired) electrons. The van der Waals surface area contributed by atoms with E-state index in [9.17, 15) is 0 Å². The van der Waals surface area contributed by atoms with Crippen LogP contribution in [-0.2, 0) is 0 Å². The molecule has 3 heteroatoms. The van der Waals surface area contributed by atoms with Gasteiger partial charge in [0.15, 0.2) is 0 Å². The lowest BCUT2D eigenvalue weighted by Gasteiger charge is -2.45. The van der Waals surface area contributed by atoms with Crippen LogP contribution in [0.4, 0.5) is 0 Å². The van der Waals surface area contributed by atoms with Crippen molar-refractivity contribution < 1.29 is 0 Å². The molecule has 3 fully saturated rings. The minimum absolute atomic E-state index is 0.876. The summed E-state index contributed by atoms with van der Waals surface area (Å²) in [4.78, 5) is 8.20. The summed E-state index contributed by atoms with van der Waals surface area (Å²) >= 11 is 0. The molecule has 21 heavy (non-hydrogen) atoms. The molecule has 0 aromatic heterocycles. The van der Waals surface area contributed by atoms with Gasteiger partial charge in [-0.1, -0.05) is 26.7 Å². The molecule has 3 nitrogen and oxygen atoms in total. The van der Waals surface area contributed by atoms with Gasteiger partial charge in [-0.05, 0) is 51.2 Å². The third-order valence-corrected chi connectivity index (χ3v) is 6.29. The molecular weight excluding hydrogens is 258 g/mol. The zero-order chi connectivity index (χ0) is 14.7. The first-order valence-electron chi connectivity index (χ1n) is 9.46. The SMILES string of the molecule is CCN1CCN(C2CCN([C@@H]3CCC[C@H](C)C3)CC2)CC1. The van der Waals surface area contributed by atoms with Crippen LogP contribution < -0.4 is 0 Å². The van der Waals surface area contributed by atoms with E-state index >= 15 is 0 Å². The Bertz CT molecular complexity index is 304. The van der Waals surface area contributed by atoms with Gasteiger partial charge < -0.3 is 9.80 Å². The summed E-state index contributed by atoms with van der Waals surface area (Å²) in [6.07, 6.45) is 8.68. The van der Waals surface area contributed by atoms with Gasteiger partial charge in [-0.15, -0.1) is 0 Å². The fourth-order valence-electron chi connectivity index (χ4n) is 4.79. The zero-order valence-electron chi connectivity index (χ0n) is 14.3. The van der Waals surface area contributed by atoms with Crippen molar-refractivity contribution in [3.63, 3.8) is 0 Å². The van der Waals surface area contributed by atoms with Crippen molar-refractivity contribution in [1.82, 2.24) is 14.7 Å². The zero-order valence-corrected chi connectivity index (χ0v) is 14.3. The van der Waals surface area contributed by atoms with Crippen molar-refractivity contribution >= 4 is 0 Å². The van der Waals surface area contributed by atoms with Crippen LogP contribution in [0.15, 0.2) is 0 Å². The average Bonchev–Trinajstić information content (AvgIpc) is 2.55. The summed E-state index contributed by atoms with van der Waals surface area (Å²) in [5, 5.41) is 0. The van der Waals surface area contributed by atoms with E-state index in [1.807, 2.05) is 0 Å². The highest BCUT2D eigenvalue weighted by molar-refractivity contribution is 4.87. The second-order valence-corrected chi connectivity index (χ2v) is 7.66. The van der Waals surface area contributed by atoms with Crippen molar-refractivity contribution in [3.05, 3.63) is 0 Å². The lowest BCUT2D eigenvalue weighted by Crippen LogP contribution is -2.54. The van der Waals surface area contributed by atoms with Crippen LogP contribution in [0.3, 0.4) is 0 Å². The lowest BCUT2D eigenvalue weighted by atomic mass is 9.85. The first-order chi connectivity index (χ1) is 10.3. The van der Waals surface area contributed by atoms with Crippen LogP contribution in [0.2, 0.25) is 0 Å². The van der Waals surface area contributed by atoms with Crippen LogP contribution in [0.1, 0.15) is 52.4 Å². The molecule has 0 aromatic carbocycles. The Balaban J connectivity index is 1.43. The van der Waals surface area contributed by atoms with Crippen molar-refractivity contribution in [3.8, 4) is 0 Å². The summed E-state index contributed by atoms with van der Waals surface area (Å²) in [5.74, 6) is 0.962. The fraction of sp³-hybridized carbons (Fsp3) is 1.00. The number of rotatable bonds is 3. The largest absolute Gasteiger partial charge is 0.301 e. The Morgan fingerprint density at radius 3 is 2.05 bits per heavy atom. The van der Waals surface area contributed by atoms with E-state index in [4.69, 9.17) is 0 Å². The Hall–Kier alpha value is -0.120.